The number of amides is 1. The molecule has 0 aliphatic rings. The Morgan fingerprint density at radius 1 is 1.54 bits per heavy atom. The fraction of sp³-hybridized carbons (Fsp3) is 0. The third-order valence-corrected chi connectivity index (χ3v) is 2.61. The first-order valence-electron chi connectivity index (χ1n) is 3.53. The number of fused-ring (bicyclic) bond motifs is 1. The lowest BCUT2D eigenvalue weighted by Crippen LogP contribution is -2.09. The average Bonchev–Trinajstić information content (AvgIpc) is 2.46. The second-order valence-electron chi connectivity index (χ2n) is 2.50. The summed E-state index contributed by atoms with van der Waals surface area (Å²) in [7, 11) is 0. The third-order valence-electron chi connectivity index (χ3n) is 1.56. The van der Waals surface area contributed by atoms with Crippen LogP contribution >= 0.6 is 11.3 Å². The molecule has 0 radical (unpaired) electrons. The summed E-state index contributed by atoms with van der Waals surface area (Å²) in [5.41, 5.74) is 5.50. The molecule has 2 N–H and O–H groups in total. The van der Waals surface area contributed by atoms with Crippen molar-refractivity contribution in [2.75, 3.05) is 0 Å². The van der Waals surface area contributed by atoms with Crippen molar-refractivity contribution in [1.82, 2.24) is 4.98 Å². The van der Waals surface area contributed by atoms with E-state index in [-0.39, 0.29) is 10.8 Å². The molecule has 0 bridgehead atoms. The van der Waals surface area contributed by atoms with Gasteiger partial charge in [-0.2, -0.15) is 0 Å². The minimum atomic E-state index is -0.582. The van der Waals surface area contributed by atoms with Gasteiger partial charge in [0.15, 0.2) is 5.01 Å². The van der Waals surface area contributed by atoms with Crippen molar-refractivity contribution in [3.63, 3.8) is 0 Å². The Balaban J connectivity index is 2.68. The van der Waals surface area contributed by atoms with Crippen LogP contribution < -0.4 is 5.73 Å². The highest BCUT2D eigenvalue weighted by Gasteiger charge is 2.08. The van der Waals surface area contributed by atoms with Gasteiger partial charge in [0.1, 0.15) is 5.82 Å². The van der Waals surface area contributed by atoms with Gasteiger partial charge in [-0.15, -0.1) is 11.3 Å². The Morgan fingerprint density at radius 3 is 3.00 bits per heavy atom. The summed E-state index contributed by atoms with van der Waals surface area (Å²) < 4.78 is 13.5. The predicted octanol–water partition coefficient (Wildman–Crippen LogP) is 1.53. The number of carbonyl (C=O) groups excluding carboxylic acids is 1. The molecule has 5 heteroatoms. The maximum Gasteiger partial charge on any atom is 0.277 e. The largest absolute Gasteiger partial charge is 0.364 e. The zero-order valence-electron chi connectivity index (χ0n) is 6.45. The van der Waals surface area contributed by atoms with E-state index in [0.717, 1.165) is 16.0 Å². The van der Waals surface area contributed by atoms with Gasteiger partial charge in [0, 0.05) is 6.07 Å². The van der Waals surface area contributed by atoms with E-state index >= 15 is 0 Å². The van der Waals surface area contributed by atoms with E-state index in [1.165, 1.54) is 12.1 Å². The van der Waals surface area contributed by atoms with Gasteiger partial charge in [-0.25, -0.2) is 9.37 Å². The summed E-state index contributed by atoms with van der Waals surface area (Å²) in [6.07, 6.45) is 0. The highest BCUT2D eigenvalue weighted by molar-refractivity contribution is 7.20. The number of hydrogen-bond donors (Lipinski definition) is 1. The Morgan fingerprint density at radius 2 is 2.31 bits per heavy atom. The van der Waals surface area contributed by atoms with Gasteiger partial charge in [0.25, 0.3) is 5.91 Å². The molecule has 0 aliphatic carbocycles. The summed E-state index contributed by atoms with van der Waals surface area (Å²) in [6, 6.07) is 4.18. The highest BCUT2D eigenvalue weighted by atomic mass is 32.1. The first-order chi connectivity index (χ1) is 6.16. The van der Waals surface area contributed by atoms with Crippen LogP contribution in [0.25, 0.3) is 10.2 Å². The van der Waals surface area contributed by atoms with Crippen LogP contribution in [0.2, 0.25) is 0 Å². The smallest absolute Gasteiger partial charge is 0.277 e. The zero-order chi connectivity index (χ0) is 9.42. The molecule has 0 aliphatic heterocycles. The molecule has 66 valence electrons. The second kappa shape index (κ2) is 2.77. The number of hydrogen-bond acceptors (Lipinski definition) is 3. The lowest BCUT2D eigenvalue weighted by Gasteiger charge is -1.85. The molecule has 0 fully saturated rings. The summed E-state index contributed by atoms with van der Waals surface area (Å²) in [5.74, 6) is -0.949. The molecule has 13 heavy (non-hydrogen) atoms. The number of primary amides is 1. The zero-order valence-corrected chi connectivity index (χ0v) is 7.27. The summed E-state index contributed by atoms with van der Waals surface area (Å²) in [6.45, 7) is 0. The van der Waals surface area contributed by atoms with Crippen molar-refractivity contribution in [2.45, 2.75) is 0 Å². The van der Waals surface area contributed by atoms with Crippen LogP contribution in [0, 0.1) is 5.82 Å². The molecule has 3 nitrogen and oxygen atoms in total. The number of halogens is 1. The number of benzene rings is 1. The van der Waals surface area contributed by atoms with E-state index in [9.17, 15) is 9.18 Å². The molecule has 0 saturated carbocycles. The Bertz CT molecular complexity index is 480. The van der Waals surface area contributed by atoms with Crippen LogP contribution in [0.4, 0.5) is 4.39 Å². The van der Waals surface area contributed by atoms with Gasteiger partial charge in [-0.3, -0.25) is 4.79 Å². The molecule has 2 rings (SSSR count). The Kier molecular flexibility index (Phi) is 1.73. The van der Waals surface area contributed by atoms with E-state index in [1.54, 1.807) is 6.07 Å². The van der Waals surface area contributed by atoms with Gasteiger partial charge in [-0.1, -0.05) is 0 Å². The Labute approximate surface area is 77.0 Å². The fourth-order valence-electron chi connectivity index (χ4n) is 1.01. The van der Waals surface area contributed by atoms with E-state index in [1.807, 2.05) is 0 Å². The molecular weight excluding hydrogens is 191 g/mol. The lowest BCUT2D eigenvalue weighted by molar-refractivity contribution is 0.1000. The van der Waals surface area contributed by atoms with Crippen molar-refractivity contribution < 1.29 is 9.18 Å². The summed E-state index contributed by atoms with van der Waals surface area (Å²) >= 11 is 1.16. The summed E-state index contributed by atoms with van der Waals surface area (Å²) in [5, 5.41) is 0.209. The molecule has 0 atom stereocenters. The van der Waals surface area contributed by atoms with E-state index in [2.05, 4.69) is 4.98 Å². The molecular formula is C8H5FN2OS. The first kappa shape index (κ1) is 8.12. The van der Waals surface area contributed by atoms with Crippen molar-refractivity contribution in [3.05, 3.63) is 29.0 Å². The van der Waals surface area contributed by atoms with Crippen LogP contribution in [0.5, 0.6) is 0 Å². The molecule has 0 spiro atoms. The van der Waals surface area contributed by atoms with Gasteiger partial charge < -0.3 is 5.73 Å². The maximum atomic E-state index is 12.7. The SMILES string of the molecule is NC(=O)c1nc2cc(F)ccc2s1. The third kappa shape index (κ3) is 1.38. The van der Waals surface area contributed by atoms with Gasteiger partial charge in [0.05, 0.1) is 10.2 Å². The predicted molar refractivity (Wildman–Crippen MR) is 48.1 cm³/mol. The summed E-state index contributed by atoms with van der Waals surface area (Å²) in [4.78, 5) is 14.6. The number of rotatable bonds is 1. The van der Waals surface area contributed by atoms with E-state index in [0.29, 0.717) is 5.52 Å². The Hall–Kier alpha value is -1.49. The van der Waals surface area contributed by atoms with E-state index in [4.69, 9.17) is 5.73 Å². The molecule has 1 aromatic heterocycles. The van der Waals surface area contributed by atoms with Crippen LogP contribution in [-0.4, -0.2) is 10.9 Å². The van der Waals surface area contributed by atoms with Crippen molar-refractivity contribution in [2.24, 2.45) is 5.73 Å². The standard InChI is InChI=1S/C8H5FN2OS/c9-4-1-2-6-5(3-4)11-8(13-6)7(10)12/h1-3H,(H2,10,12). The van der Waals surface area contributed by atoms with Gasteiger partial charge >= 0.3 is 0 Å². The average molecular weight is 196 g/mol. The normalized spacial score (nSPS) is 10.5. The minimum Gasteiger partial charge on any atom is -0.364 e. The minimum absolute atomic E-state index is 0.209. The number of aromatic nitrogens is 1. The second-order valence-corrected chi connectivity index (χ2v) is 3.53. The molecule has 2 aromatic rings. The van der Waals surface area contributed by atoms with Gasteiger partial charge in [0.2, 0.25) is 0 Å². The van der Waals surface area contributed by atoms with Crippen molar-refractivity contribution in [1.29, 1.82) is 0 Å². The highest BCUT2D eigenvalue weighted by Crippen LogP contribution is 2.22. The first-order valence-corrected chi connectivity index (χ1v) is 4.34. The van der Waals surface area contributed by atoms with Gasteiger partial charge in [-0.05, 0) is 12.1 Å². The van der Waals surface area contributed by atoms with Crippen LogP contribution in [0.3, 0.4) is 0 Å². The van der Waals surface area contributed by atoms with Crippen molar-refractivity contribution in [3.8, 4) is 0 Å². The molecule has 1 heterocycles. The number of carbonyl (C=O) groups is 1. The topological polar surface area (TPSA) is 56.0 Å². The molecule has 0 unspecified atom stereocenters. The van der Waals surface area contributed by atoms with Crippen LogP contribution in [0.15, 0.2) is 18.2 Å². The van der Waals surface area contributed by atoms with Crippen LogP contribution in [-0.2, 0) is 0 Å². The molecule has 1 aromatic carbocycles. The maximum absolute atomic E-state index is 12.7. The van der Waals surface area contributed by atoms with E-state index < -0.39 is 5.91 Å². The molecule has 0 saturated heterocycles. The fourth-order valence-corrected chi connectivity index (χ4v) is 1.80. The number of thiazole rings is 1. The number of nitrogens with zero attached hydrogens (tertiary/aromatic N) is 1. The lowest BCUT2D eigenvalue weighted by atomic mass is 10.3. The quantitative estimate of drug-likeness (QED) is 0.752. The van der Waals surface area contributed by atoms with Crippen molar-refractivity contribution >= 4 is 27.5 Å². The van der Waals surface area contributed by atoms with Crippen LogP contribution in [0.1, 0.15) is 9.80 Å². The number of nitrogens with two attached hydrogens (primary N) is 1. The molecule has 1 amide bonds. The monoisotopic (exact) mass is 196 g/mol.